The van der Waals surface area contributed by atoms with Crippen molar-refractivity contribution in [1.29, 1.82) is 0 Å². The Labute approximate surface area is 189 Å². The first-order valence-corrected chi connectivity index (χ1v) is 12.6. The van der Waals surface area contributed by atoms with Crippen LogP contribution >= 0.6 is 0 Å². The van der Waals surface area contributed by atoms with Crippen LogP contribution in [0.25, 0.3) is 0 Å². The highest BCUT2D eigenvalue weighted by Gasteiger charge is 2.33. The number of nitrogens with zero attached hydrogens (tertiary/aromatic N) is 1. The molecule has 1 amide bonds. The largest absolute Gasteiger partial charge is 0.486 e. The van der Waals surface area contributed by atoms with Gasteiger partial charge in [0, 0.05) is 30.8 Å². The lowest BCUT2D eigenvalue weighted by molar-refractivity contribution is -0.120. The van der Waals surface area contributed by atoms with Crippen LogP contribution in [0.3, 0.4) is 0 Å². The van der Waals surface area contributed by atoms with E-state index in [4.69, 9.17) is 9.47 Å². The number of ether oxygens (including phenoxy) is 2. The van der Waals surface area contributed by atoms with E-state index in [0.717, 1.165) is 12.1 Å². The fourth-order valence-electron chi connectivity index (χ4n) is 4.07. The summed E-state index contributed by atoms with van der Waals surface area (Å²) in [5, 5.41) is 2.98. The Kier molecular flexibility index (Phi) is 6.71. The van der Waals surface area contributed by atoms with Gasteiger partial charge in [-0.2, -0.15) is 4.31 Å². The van der Waals surface area contributed by atoms with Gasteiger partial charge in [-0.3, -0.25) is 4.79 Å². The molecule has 1 atom stereocenters. The number of sulfonamides is 1. The van der Waals surface area contributed by atoms with Crippen LogP contribution < -0.4 is 14.8 Å². The lowest BCUT2D eigenvalue weighted by atomic mass is 9.96. The molecule has 0 saturated carbocycles. The first-order chi connectivity index (χ1) is 15.4. The van der Waals surface area contributed by atoms with Gasteiger partial charge in [0.1, 0.15) is 13.2 Å². The van der Waals surface area contributed by atoms with Crippen LogP contribution in [0.1, 0.15) is 44.6 Å². The Bertz CT molecular complexity index is 1060. The predicted octanol–water partition coefficient (Wildman–Crippen LogP) is 4.01. The maximum atomic E-state index is 13.1. The molecule has 2 aliphatic rings. The maximum Gasteiger partial charge on any atom is 0.243 e. The molecular weight excluding hydrogens is 428 g/mol. The molecule has 2 aromatic carbocycles. The summed E-state index contributed by atoms with van der Waals surface area (Å²) < 4.78 is 38.6. The van der Waals surface area contributed by atoms with E-state index in [1.807, 2.05) is 24.3 Å². The number of benzene rings is 2. The van der Waals surface area contributed by atoms with Crippen LogP contribution in [0.4, 0.5) is 5.69 Å². The zero-order chi connectivity index (χ0) is 22.7. The normalized spacial score (nSPS) is 18.2. The van der Waals surface area contributed by atoms with Crippen molar-refractivity contribution in [2.45, 2.75) is 43.9 Å². The second-order valence-corrected chi connectivity index (χ2v) is 10.3. The van der Waals surface area contributed by atoms with Crippen LogP contribution in [0.2, 0.25) is 0 Å². The number of hydrogen-bond donors (Lipinski definition) is 1. The van der Waals surface area contributed by atoms with Gasteiger partial charge in [-0.25, -0.2) is 8.42 Å². The SMILES string of the molecule is CCC(C)c1ccc(NC(=O)C2CCN(S(=O)(=O)c3ccc4c(c3)OCCO4)CC2)cc1. The Morgan fingerprint density at radius 2 is 1.72 bits per heavy atom. The number of rotatable bonds is 6. The van der Waals surface area contributed by atoms with Gasteiger partial charge in [0.05, 0.1) is 4.90 Å². The van der Waals surface area contributed by atoms with Crippen LogP contribution in [-0.4, -0.2) is 44.9 Å². The molecule has 1 saturated heterocycles. The van der Waals surface area contributed by atoms with Gasteiger partial charge < -0.3 is 14.8 Å². The highest BCUT2D eigenvalue weighted by molar-refractivity contribution is 7.89. The molecule has 0 aromatic heterocycles. The lowest BCUT2D eigenvalue weighted by Crippen LogP contribution is -2.41. The van der Waals surface area contributed by atoms with E-state index in [1.165, 1.54) is 15.9 Å². The lowest BCUT2D eigenvalue weighted by Gasteiger charge is -2.31. The summed E-state index contributed by atoms with van der Waals surface area (Å²) in [5.74, 6) is 1.22. The minimum atomic E-state index is -3.65. The highest BCUT2D eigenvalue weighted by Crippen LogP contribution is 2.34. The summed E-state index contributed by atoms with van der Waals surface area (Å²) in [6, 6.07) is 12.7. The van der Waals surface area contributed by atoms with Crippen LogP contribution in [-0.2, 0) is 14.8 Å². The van der Waals surface area contributed by atoms with Crippen molar-refractivity contribution in [1.82, 2.24) is 4.31 Å². The molecule has 172 valence electrons. The zero-order valence-electron chi connectivity index (χ0n) is 18.5. The summed E-state index contributed by atoms with van der Waals surface area (Å²) >= 11 is 0. The number of piperidine rings is 1. The molecule has 7 nitrogen and oxygen atoms in total. The molecule has 1 unspecified atom stereocenters. The van der Waals surface area contributed by atoms with Gasteiger partial charge in [0.15, 0.2) is 11.5 Å². The maximum absolute atomic E-state index is 13.1. The molecular formula is C24H30N2O5S. The van der Waals surface area contributed by atoms with E-state index in [9.17, 15) is 13.2 Å². The second-order valence-electron chi connectivity index (χ2n) is 8.40. The number of fused-ring (bicyclic) bond motifs is 1. The number of anilines is 1. The van der Waals surface area contributed by atoms with E-state index in [-0.39, 0.29) is 16.7 Å². The van der Waals surface area contributed by atoms with Crippen LogP contribution in [0.15, 0.2) is 47.4 Å². The third-order valence-electron chi connectivity index (χ3n) is 6.34. The molecule has 4 rings (SSSR count). The van der Waals surface area contributed by atoms with Crippen LogP contribution in [0.5, 0.6) is 11.5 Å². The topological polar surface area (TPSA) is 84.9 Å². The number of amides is 1. The molecule has 0 spiro atoms. The molecule has 2 aromatic rings. The molecule has 32 heavy (non-hydrogen) atoms. The highest BCUT2D eigenvalue weighted by atomic mass is 32.2. The van der Waals surface area contributed by atoms with E-state index in [0.29, 0.717) is 56.6 Å². The fourth-order valence-corrected chi connectivity index (χ4v) is 5.55. The Morgan fingerprint density at radius 3 is 2.38 bits per heavy atom. The molecule has 0 radical (unpaired) electrons. The minimum absolute atomic E-state index is 0.0577. The van der Waals surface area contributed by atoms with E-state index >= 15 is 0 Å². The second kappa shape index (κ2) is 9.50. The quantitative estimate of drug-likeness (QED) is 0.707. The Hall–Kier alpha value is -2.58. The third kappa shape index (κ3) is 4.76. The summed E-state index contributed by atoms with van der Waals surface area (Å²) in [6.07, 6.45) is 2.04. The molecule has 1 N–H and O–H groups in total. The number of carbonyl (C=O) groups is 1. The summed E-state index contributed by atoms with van der Waals surface area (Å²) in [4.78, 5) is 12.9. The van der Waals surface area contributed by atoms with Crippen molar-refractivity contribution in [2.24, 2.45) is 5.92 Å². The van der Waals surface area contributed by atoms with Crippen molar-refractivity contribution in [3.63, 3.8) is 0 Å². The van der Waals surface area contributed by atoms with Crippen molar-refractivity contribution >= 4 is 21.6 Å². The van der Waals surface area contributed by atoms with Crippen molar-refractivity contribution in [2.75, 3.05) is 31.6 Å². The molecule has 0 bridgehead atoms. The standard InChI is InChI=1S/C24H30N2O5S/c1-3-17(2)18-4-6-20(7-5-18)25-24(27)19-10-12-26(13-11-19)32(28,29)21-8-9-22-23(16-21)31-15-14-30-22/h4-9,16-17,19H,3,10-15H2,1-2H3,(H,25,27). The first kappa shape index (κ1) is 22.6. The molecule has 8 heteroatoms. The third-order valence-corrected chi connectivity index (χ3v) is 8.23. The van der Waals surface area contributed by atoms with Crippen molar-refractivity contribution < 1.29 is 22.7 Å². The summed E-state index contributed by atoms with van der Waals surface area (Å²) in [5.41, 5.74) is 2.02. The van der Waals surface area contributed by atoms with E-state index in [2.05, 4.69) is 19.2 Å². The van der Waals surface area contributed by atoms with E-state index < -0.39 is 10.0 Å². The number of carbonyl (C=O) groups excluding carboxylic acids is 1. The summed E-state index contributed by atoms with van der Waals surface area (Å²) in [7, 11) is -3.65. The van der Waals surface area contributed by atoms with Gasteiger partial charge in [-0.05, 0) is 55.0 Å². The van der Waals surface area contributed by atoms with Crippen molar-refractivity contribution in [3.05, 3.63) is 48.0 Å². The van der Waals surface area contributed by atoms with Gasteiger partial charge in [0.2, 0.25) is 15.9 Å². The number of hydrogen-bond acceptors (Lipinski definition) is 5. The molecule has 2 heterocycles. The van der Waals surface area contributed by atoms with Crippen LogP contribution in [0, 0.1) is 5.92 Å². The molecule has 2 aliphatic heterocycles. The van der Waals surface area contributed by atoms with E-state index in [1.54, 1.807) is 12.1 Å². The fraction of sp³-hybridized carbons (Fsp3) is 0.458. The average Bonchev–Trinajstić information content (AvgIpc) is 2.83. The Balaban J connectivity index is 1.35. The zero-order valence-corrected chi connectivity index (χ0v) is 19.4. The van der Waals surface area contributed by atoms with Gasteiger partial charge in [-0.1, -0.05) is 26.0 Å². The number of nitrogens with one attached hydrogen (secondary N) is 1. The minimum Gasteiger partial charge on any atom is -0.486 e. The van der Waals surface area contributed by atoms with Gasteiger partial charge in [0.25, 0.3) is 0 Å². The smallest absolute Gasteiger partial charge is 0.243 e. The van der Waals surface area contributed by atoms with Gasteiger partial charge >= 0.3 is 0 Å². The molecule has 1 fully saturated rings. The molecule has 0 aliphatic carbocycles. The average molecular weight is 459 g/mol. The van der Waals surface area contributed by atoms with Crippen molar-refractivity contribution in [3.8, 4) is 11.5 Å². The Morgan fingerprint density at radius 1 is 1.06 bits per heavy atom. The summed E-state index contributed by atoms with van der Waals surface area (Å²) in [6.45, 7) is 5.80. The first-order valence-electron chi connectivity index (χ1n) is 11.2. The monoisotopic (exact) mass is 458 g/mol. The predicted molar refractivity (Wildman–Crippen MR) is 123 cm³/mol. The van der Waals surface area contributed by atoms with Gasteiger partial charge in [-0.15, -0.1) is 0 Å².